The maximum Gasteiger partial charge on any atom is 0.365 e. The number of halogens is 3. The van der Waals surface area contributed by atoms with E-state index in [2.05, 4.69) is 59.3 Å². The van der Waals surface area contributed by atoms with Crippen molar-refractivity contribution in [3.63, 3.8) is 0 Å². The van der Waals surface area contributed by atoms with Gasteiger partial charge >= 0.3 is 5.97 Å². The van der Waals surface area contributed by atoms with Crippen molar-refractivity contribution in [2.75, 3.05) is 0 Å². The quantitative estimate of drug-likeness (QED) is 0.287. The maximum absolute atomic E-state index is 10.9. The van der Waals surface area contributed by atoms with Gasteiger partial charge in [0.15, 0.2) is 0 Å². The Balaban J connectivity index is 2.74. The minimum absolute atomic E-state index is 0.123. The number of carbonyl (C=O) groups is 1. The zero-order valence-corrected chi connectivity index (χ0v) is 14.3. The van der Waals surface area contributed by atoms with Crippen molar-refractivity contribution in [1.82, 2.24) is 0 Å². The first-order valence-corrected chi connectivity index (χ1v) is 7.55. The molecule has 0 fully saturated rings. The molecule has 0 radical (unpaired) electrons. The predicted molar refractivity (Wildman–Crippen MR) is 80.3 cm³/mol. The molecule has 0 amide bonds. The first-order valence-electron chi connectivity index (χ1n) is 5.05. The summed E-state index contributed by atoms with van der Waals surface area (Å²) in [5.74, 6) is -0.616. The van der Waals surface area contributed by atoms with Crippen molar-refractivity contribution in [1.29, 1.82) is 0 Å². The van der Waals surface area contributed by atoms with Gasteiger partial charge < -0.3 is 0 Å². The maximum atomic E-state index is 10.9. The lowest BCUT2D eigenvalue weighted by atomic mass is 10.1. The normalized spacial score (nSPS) is 13.8. The molecule has 2 unspecified atom stereocenters. The van der Waals surface area contributed by atoms with Crippen molar-refractivity contribution >= 4 is 53.8 Å². The molecule has 0 aromatic heterocycles. The lowest BCUT2D eigenvalue weighted by molar-refractivity contribution is -0.290. The Morgan fingerprint density at radius 1 is 1.44 bits per heavy atom. The molecule has 1 aromatic carbocycles. The first kappa shape index (κ1) is 15.9. The summed E-state index contributed by atoms with van der Waals surface area (Å²) in [5, 5.41) is 0. The summed E-state index contributed by atoms with van der Waals surface area (Å²) in [6.45, 7) is 5.08. The van der Waals surface area contributed by atoms with Gasteiger partial charge in [0, 0.05) is 15.0 Å². The van der Waals surface area contributed by atoms with Crippen LogP contribution in [0.5, 0.6) is 0 Å². The van der Waals surface area contributed by atoms with Crippen LogP contribution in [-0.2, 0) is 14.6 Å². The molecule has 2 atom stereocenters. The van der Waals surface area contributed by atoms with Crippen LogP contribution in [0.3, 0.4) is 0 Å². The van der Waals surface area contributed by atoms with Crippen LogP contribution in [0, 0.1) is 0 Å². The Bertz CT molecular complexity index is 448. The van der Waals surface area contributed by atoms with E-state index in [1.165, 1.54) is 0 Å². The van der Waals surface area contributed by atoms with Gasteiger partial charge in [-0.25, -0.2) is 4.79 Å². The van der Waals surface area contributed by atoms with E-state index in [4.69, 9.17) is 4.89 Å². The molecule has 0 aliphatic rings. The average Bonchev–Trinajstić information content (AvgIpc) is 2.37. The SMILES string of the molecule is C=CC(=O)OOC(C)C(Br)c1cccc(Br)c1Br. The largest absolute Gasteiger partial charge is 0.365 e. The molecule has 6 heteroatoms. The van der Waals surface area contributed by atoms with Crippen LogP contribution >= 0.6 is 47.8 Å². The van der Waals surface area contributed by atoms with Gasteiger partial charge in [0.05, 0.1) is 4.83 Å². The predicted octanol–water partition coefficient (Wildman–Crippen LogP) is 4.70. The van der Waals surface area contributed by atoms with E-state index >= 15 is 0 Å². The van der Waals surface area contributed by atoms with E-state index in [0.29, 0.717) is 0 Å². The van der Waals surface area contributed by atoms with Crippen molar-refractivity contribution in [2.24, 2.45) is 0 Å². The molecule has 0 aliphatic heterocycles. The second kappa shape index (κ2) is 7.43. The second-order valence-corrected chi connectivity index (χ2v) is 6.09. The standard InChI is InChI=1S/C12H11Br3O3/c1-3-10(16)18-17-7(2)11(14)8-5-4-6-9(13)12(8)15/h3-7,11H,1H2,2H3. The van der Waals surface area contributed by atoms with E-state index in [0.717, 1.165) is 20.6 Å². The van der Waals surface area contributed by atoms with E-state index in [9.17, 15) is 4.79 Å². The second-order valence-electron chi connectivity index (χ2n) is 3.45. The molecule has 3 nitrogen and oxygen atoms in total. The van der Waals surface area contributed by atoms with Crippen LogP contribution in [0.25, 0.3) is 0 Å². The van der Waals surface area contributed by atoms with E-state index in [1.807, 2.05) is 18.2 Å². The number of rotatable bonds is 5. The van der Waals surface area contributed by atoms with Gasteiger partial charge in [-0.15, -0.1) is 0 Å². The van der Waals surface area contributed by atoms with Crippen LogP contribution < -0.4 is 0 Å². The summed E-state index contributed by atoms with van der Waals surface area (Å²) >= 11 is 10.4. The van der Waals surface area contributed by atoms with Crippen molar-refractivity contribution in [2.45, 2.75) is 17.9 Å². The molecule has 0 N–H and O–H groups in total. The number of hydrogen-bond donors (Lipinski definition) is 0. The summed E-state index contributed by atoms with van der Waals surface area (Å²) in [5.41, 5.74) is 0.992. The first-order chi connectivity index (χ1) is 8.47. The van der Waals surface area contributed by atoms with E-state index < -0.39 is 5.97 Å². The van der Waals surface area contributed by atoms with Crippen molar-refractivity contribution < 1.29 is 14.6 Å². The molecular formula is C12H11Br3O3. The number of carbonyl (C=O) groups excluding carboxylic acids is 1. The lowest BCUT2D eigenvalue weighted by Crippen LogP contribution is -2.17. The third-order valence-electron chi connectivity index (χ3n) is 2.14. The van der Waals surface area contributed by atoms with Gasteiger partial charge in [-0.2, -0.15) is 4.89 Å². The number of hydrogen-bond acceptors (Lipinski definition) is 3. The van der Waals surface area contributed by atoms with Gasteiger partial charge in [-0.05, 0) is 50.4 Å². The molecule has 0 saturated carbocycles. The smallest absolute Gasteiger partial charge is 0.293 e. The Hall–Kier alpha value is -0.170. The van der Waals surface area contributed by atoms with Gasteiger partial charge in [-0.3, -0.25) is 4.89 Å². The Kier molecular flexibility index (Phi) is 6.55. The van der Waals surface area contributed by atoms with Crippen LogP contribution in [0.15, 0.2) is 39.8 Å². The zero-order chi connectivity index (χ0) is 13.7. The third-order valence-corrected chi connectivity index (χ3v) is 5.46. The van der Waals surface area contributed by atoms with Gasteiger partial charge in [0.1, 0.15) is 6.10 Å². The molecule has 0 bridgehead atoms. The molecular weight excluding hydrogens is 432 g/mol. The van der Waals surface area contributed by atoms with E-state index in [1.54, 1.807) is 6.92 Å². The highest BCUT2D eigenvalue weighted by Crippen LogP contribution is 2.37. The van der Waals surface area contributed by atoms with Crippen LogP contribution in [-0.4, -0.2) is 12.1 Å². The van der Waals surface area contributed by atoms with Crippen LogP contribution in [0.2, 0.25) is 0 Å². The van der Waals surface area contributed by atoms with Crippen molar-refractivity contribution in [3.05, 3.63) is 45.4 Å². The van der Waals surface area contributed by atoms with Crippen molar-refractivity contribution in [3.8, 4) is 0 Å². The van der Waals surface area contributed by atoms with Gasteiger partial charge in [0.25, 0.3) is 0 Å². The molecule has 0 spiro atoms. The average molecular weight is 443 g/mol. The molecule has 1 rings (SSSR count). The molecule has 0 heterocycles. The molecule has 0 aliphatic carbocycles. The summed E-state index contributed by atoms with van der Waals surface area (Å²) in [6.07, 6.45) is 0.699. The van der Waals surface area contributed by atoms with E-state index in [-0.39, 0.29) is 10.9 Å². The summed E-state index contributed by atoms with van der Waals surface area (Å²) < 4.78 is 1.87. The van der Waals surface area contributed by atoms with Gasteiger partial charge in [0.2, 0.25) is 0 Å². The zero-order valence-electron chi connectivity index (χ0n) is 9.53. The Morgan fingerprint density at radius 2 is 2.11 bits per heavy atom. The minimum Gasteiger partial charge on any atom is -0.293 e. The fraction of sp³-hybridized carbons (Fsp3) is 0.250. The highest BCUT2D eigenvalue weighted by atomic mass is 79.9. The third kappa shape index (κ3) is 4.19. The molecule has 98 valence electrons. The fourth-order valence-corrected chi connectivity index (χ4v) is 2.86. The summed E-state index contributed by atoms with van der Waals surface area (Å²) in [4.78, 5) is 20.3. The Morgan fingerprint density at radius 3 is 2.72 bits per heavy atom. The molecule has 0 saturated heterocycles. The fourth-order valence-electron chi connectivity index (χ4n) is 1.19. The number of alkyl halides is 1. The number of benzene rings is 1. The monoisotopic (exact) mass is 440 g/mol. The molecule has 18 heavy (non-hydrogen) atoms. The van der Waals surface area contributed by atoms with Gasteiger partial charge in [-0.1, -0.05) is 34.6 Å². The van der Waals surface area contributed by atoms with Crippen LogP contribution in [0.1, 0.15) is 17.3 Å². The lowest BCUT2D eigenvalue weighted by Gasteiger charge is -2.19. The highest BCUT2D eigenvalue weighted by molar-refractivity contribution is 9.13. The van der Waals surface area contributed by atoms with Crippen LogP contribution in [0.4, 0.5) is 0 Å². The Labute approximate surface area is 131 Å². The topological polar surface area (TPSA) is 35.5 Å². The minimum atomic E-state index is -0.616. The highest BCUT2D eigenvalue weighted by Gasteiger charge is 2.22. The summed E-state index contributed by atoms with van der Waals surface area (Å²) in [6, 6.07) is 5.79. The molecule has 1 aromatic rings. The summed E-state index contributed by atoms with van der Waals surface area (Å²) in [7, 11) is 0.